The molecule has 0 aromatic rings. The van der Waals surface area contributed by atoms with Crippen molar-refractivity contribution in [2.45, 2.75) is 82.8 Å². The molecule has 1 heterocycles. The van der Waals surface area contributed by atoms with Crippen LogP contribution in [0, 0.1) is 5.92 Å². The highest BCUT2D eigenvalue weighted by atomic mass is 32.1. The lowest BCUT2D eigenvalue weighted by molar-refractivity contribution is 0.0871. The van der Waals surface area contributed by atoms with Crippen LogP contribution < -0.4 is 5.32 Å². The molecule has 1 saturated heterocycles. The van der Waals surface area contributed by atoms with E-state index in [0.717, 1.165) is 30.7 Å². The van der Waals surface area contributed by atoms with Gasteiger partial charge in [0.1, 0.15) is 0 Å². The fourth-order valence-electron chi connectivity index (χ4n) is 4.30. The third kappa shape index (κ3) is 5.73. The molecule has 0 aromatic carbocycles. The van der Waals surface area contributed by atoms with Gasteiger partial charge in [-0.2, -0.15) is 0 Å². The number of nitrogens with zero attached hydrogens (tertiary/aromatic N) is 1. The highest BCUT2D eigenvalue weighted by Gasteiger charge is 2.25. The van der Waals surface area contributed by atoms with Gasteiger partial charge in [-0.3, -0.25) is 0 Å². The van der Waals surface area contributed by atoms with Crippen LogP contribution in [0.3, 0.4) is 0 Å². The second-order valence-electron chi connectivity index (χ2n) is 7.83. The first-order valence-corrected chi connectivity index (χ1v) is 10.5. The Kier molecular flexibility index (Phi) is 7.40. The van der Waals surface area contributed by atoms with E-state index in [1.54, 1.807) is 0 Å². The number of hydrogen-bond donors (Lipinski definition) is 1. The molecule has 0 amide bonds. The Morgan fingerprint density at radius 1 is 1.00 bits per heavy atom. The summed E-state index contributed by atoms with van der Waals surface area (Å²) < 4.78 is 5.89. The summed E-state index contributed by atoms with van der Waals surface area (Å²) in [4.78, 5) is 2.43. The molecule has 3 rings (SSSR count). The molecule has 2 fully saturated rings. The summed E-state index contributed by atoms with van der Waals surface area (Å²) in [7, 11) is 0. The standard InChI is InChI=1S/C20H34N2OS/c24-20(21-18-11-6-1-2-7-12-18)22(16-19-13-8-14-23-19)15-17-9-4-3-5-10-17/h3-4,17-19H,1-2,5-16H2,(H,21,24)/t17-,19+/m0/s1. The summed E-state index contributed by atoms with van der Waals surface area (Å²) in [5, 5.41) is 4.68. The molecular weight excluding hydrogens is 316 g/mol. The molecule has 0 aromatic heterocycles. The van der Waals surface area contributed by atoms with Crippen molar-refractivity contribution in [2.24, 2.45) is 5.92 Å². The van der Waals surface area contributed by atoms with Gasteiger partial charge in [0.2, 0.25) is 0 Å². The van der Waals surface area contributed by atoms with Gasteiger partial charge in [0.15, 0.2) is 5.11 Å². The average molecular weight is 351 g/mol. The van der Waals surface area contributed by atoms with Gasteiger partial charge in [-0.1, -0.05) is 37.8 Å². The van der Waals surface area contributed by atoms with E-state index in [4.69, 9.17) is 17.0 Å². The van der Waals surface area contributed by atoms with Crippen molar-refractivity contribution in [1.82, 2.24) is 10.2 Å². The van der Waals surface area contributed by atoms with E-state index in [9.17, 15) is 0 Å². The predicted octanol–water partition coefficient (Wildman–Crippen LogP) is 4.42. The van der Waals surface area contributed by atoms with Gasteiger partial charge in [-0.15, -0.1) is 0 Å². The third-order valence-corrected chi connectivity index (χ3v) is 6.15. The molecule has 4 heteroatoms. The third-order valence-electron chi connectivity index (χ3n) is 5.77. The first-order chi connectivity index (χ1) is 11.8. The van der Waals surface area contributed by atoms with E-state index in [2.05, 4.69) is 22.4 Å². The van der Waals surface area contributed by atoms with Crippen LogP contribution in [-0.2, 0) is 4.74 Å². The van der Waals surface area contributed by atoms with Gasteiger partial charge in [-0.05, 0) is 63.1 Å². The smallest absolute Gasteiger partial charge is 0.169 e. The number of hydrogen-bond acceptors (Lipinski definition) is 2. The Morgan fingerprint density at radius 2 is 1.83 bits per heavy atom. The van der Waals surface area contributed by atoms with E-state index in [0.29, 0.717) is 12.1 Å². The molecule has 1 saturated carbocycles. The quantitative estimate of drug-likeness (QED) is 0.451. The largest absolute Gasteiger partial charge is 0.376 e. The molecule has 24 heavy (non-hydrogen) atoms. The molecule has 2 atom stereocenters. The zero-order valence-electron chi connectivity index (χ0n) is 15.0. The zero-order valence-corrected chi connectivity index (χ0v) is 15.9. The zero-order chi connectivity index (χ0) is 16.6. The van der Waals surface area contributed by atoms with Crippen LogP contribution in [0.1, 0.15) is 70.6 Å². The van der Waals surface area contributed by atoms with Crippen LogP contribution >= 0.6 is 12.2 Å². The summed E-state index contributed by atoms with van der Waals surface area (Å²) in [6, 6.07) is 0.582. The van der Waals surface area contributed by atoms with Gasteiger partial charge in [0.25, 0.3) is 0 Å². The van der Waals surface area contributed by atoms with Crippen molar-refractivity contribution in [3.05, 3.63) is 12.2 Å². The Morgan fingerprint density at radius 3 is 2.50 bits per heavy atom. The molecule has 2 aliphatic carbocycles. The molecule has 0 radical (unpaired) electrons. The first-order valence-electron chi connectivity index (χ1n) is 10.1. The number of ether oxygens (including phenoxy) is 1. The Labute approximate surface area is 153 Å². The summed E-state index contributed by atoms with van der Waals surface area (Å²) in [5.74, 6) is 0.741. The van der Waals surface area contributed by atoms with Crippen LogP contribution in [0.25, 0.3) is 0 Å². The van der Waals surface area contributed by atoms with Crippen LogP contribution in [0.2, 0.25) is 0 Å². The van der Waals surface area contributed by atoms with Crippen LogP contribution in [0.4, 0.5) is 0 Å². The predicted molar refractivity (Wildman–Crippen MR) is 104 cm³/mol. The van der Waals surface area contributed by atoms with Gasteiger partial charge < -0.3 is 15.0 Å². The molecule has 3 nitrogen and oxygen atoms in total. The molecule has 0 bridgehead atoms. The second kappa shape index (κ2) is 9.76. The molecule has 0 spiro atoms. The van der Waals surface area contributed by atoms with Crippen LogP contribution in [-0.4, -0.2) is 41.9 Å². The van der Waals surface area contributed by atoms with E-state index in [1.807, 2.05) is 0 Å². The fraction of sp³-hybridized carbons (Fsp3) is 0.850. The molecule has 1 N–H and O–H groups in total. The average Bonchev–Trinajstić information content (AvgIpc) is 2.98. The number of nitrogens with one attached hydrogen (secondary N) is 1. The maximum absolute atomic E-state index is 5.89. The molecule has 0 unspecified atom stereocenters. The van der Waals surface area contributed by atoms with Crippen molar-refractivity contribution in [1.29, 1.82) is 0 Å². The lowest BCUT2D eigenvalue weighted by atomic mass is 9.94. The SMILES string of the molecule is S=C(NC1CCCCCC1)N(C[C@H]1CC=CCC1)C[C@H]1CCCO1. The minimum Gasteiger partial charge on any atom is -0.376 e. The van der Waals surface area contributed by atoms with Crippen molar-refractivity contribution in [3.8, 4) is 0 Å². The maximum Gasteiger partial charge on any atom is 0.169 e. The molecule has 136 valence electrons. The van der Waals surface area contributed by atoms with Crippen molar-refractivity contribution < 1.29 is 4.74 Å². The van der Waals surface area contributed by atoms with E-state index < -0.39 is 0 Å². The number of thiocarbonyl (C=S) groups is 1. The lowest BCUT2D eigenvalue weighted by Gasteiger charge is -2.34. The van der Waals surface area contributed by atoms with Crippen molar-refractivity contribution in [3.63, 3.8) is 0 Å². The number of rotatable bonds is 5. The topological polar surface area (TPSA) is 24.5 Å². The van der Waals surface area contributed by atoms with Gasteiger partial charge in [-0.25, -0.2) is 0 Å². The minimum absolute atomic E-state index is 0.373. The number of allylic oxidation sites excluding steroid dienone is 2. The maximum atomic E-state index is 5.89. The van der Waals surface area contributed by atoms with Crippen LogP contribution in [0.15, 0.2) is 12.2 Å². The van der Waals surface area contributed by atoms with Gasteiger partial charge >= 0.3 is 0 Å². The summed E-state index contributed by atoms with van der Waals surface area (Å²) >= 11 is 5.84. The Balaban J connectivity index is 1.56. The Bertz CT molecular complexity index is 412. The summed E-state index contributed by atoms with van der Waals surface area (Å²) in [5.41, 5.74) is 0. The lowest BCUT2D eigenvalue weighted by Crippen LogP contribution is -2.48. The van der Waals surface area contributed by atoms with Crippen molar-refractivity contribution in [2.75, 3.05) is 19.7 Å². The highest BCUT2D eigenvalue weighted by Crippen LogP contribution is 2.22. The normalized spacial score (nSPS) is 28.5. The Hall–Kier alpha value is -0.610. The monoisotopic (exact) mass is 350 g/mol. The van der Waals surface area contributed by atoms with Gasteiger partial charge in [0.05, 0.1) is 6.10 Å². The minimum atomic E-state index is 0.373. The van der Waals surface area contributed by atoms with E-state index >= 15 is 0 Å². The van der Waals surface area contributed by atoms with E-state index in [1.165, 1.54) is 70.6 Å². The van der Waals surface area contributed by atoms with Crippen LogP contribution in [0.5, 0.6) is 0 Å². The molecule has 3 aliphatic rings. The molecule has 1 aliphatic heterocycles. The summed E-state index contributed by atoms with van der Waals surface area (Å²) in [6.07, 6.45) is 19.2. The van der Waals surface area contributed by atoms with Crippen molar-refractivity contribution >= 4 is 17.3 Å². The fourth-order valence-corrected chi connectivity index (χ4v) is 4.61. The van der Waals surface area contributed by atoms with E-state index in [-0.39, 0.29) is 0 Å². The summed E-state index contributed by atoms with van der Waals surface area (Å²) in [6.45, 7) is 2.98. The second-order valence-corrected chi connectivity index (χ2v) is 8.22. The highest BCUT2D eigenvalue weighted by molar-refractivity contribution is 7.80. The first kappa shape index (κ1) is 18.2. The van der Waals surface area contributed by atoms with Gasteiger partial charge in [0, 0.05) is 25.7 Å². The molecular formula is C20H34N2OS.